The summed E-state index contributed by atoms with van der Waals surface area (Å²) in [6.45, 7) is 1.99. The Hall–Kier alpha value is -1.85. The molecule has 5 atom stereocenters. The number of hydrogen-bond donors (Lipinski definition) is 0. The molecule has 0 radical (unpaired) electrons. The van der Waals surface area contributed by atoms with E-state index in [0.717, 1.165) is 33.9 Å². The van der Waals surface area contributed by atoms with Crippen molar-refractivity contribution < 1.29 is 14.3 Å². The lowest BCUT2D eigenvalue weighted by atomic mass is 9.81. The number of pyridine rings is 1. The normalized spacial score (nSPS) is 34.1. The average molecular weight is 339 g/mol. The number of Topliss-reactive ketones (excluding diaryl/α,β-unsaturated/α-hetero) is 2. The average Bonchev–Trinajstić information content (AvgIpc) is 3.33. The Morgan fingerprint density at radius 2 is 1.83 bits per heavy atom. The summed E-state index contributed by atoms with van der Waals surface area (Å²) in [6, 6.07) is 7.77. The smallest absolute Gasteiger partial charge is 0.154 e. The fourth-order valence-electron chi connectivity index (χ4n) is 4.65. The van der Waals surface area contributed by atoms with Crippen LogP contribution in [0.3, 0.4) is 0 Å². The minimum atomic E-state index is -0.597. The summed E-state index contributed by atoms with van der Waals surface area (Å²) in [5, 5.41) is 0. The van der Waals surface area contributed by atoms with Crippen LogP contribution in [0.1, 0.15) is 29.2 Å². The molecule has 122 valence electrons. The van der Waals surface area contributed by atoms with Crippen molar-refractivity contribution >= 4 is 22.9 Å². The first kappa shape index (κ1) is 14.5. The van der Waals surface area contributed by atoms with E-state index in [1.807, 2.05) is 31.2 Å². The number of carbonyl (C=O) groups excluding carboxylic acids is 2. The highest BCUT2D eigenvalue weighted by molar-refractivity contribution is 7.15. The van der Waals surface area contributed by atoms with Gasteiger partial charge in [0.15, 0.2) is 11.6 Å². The van der Waals surface area contributed by atoms with Crippen molar-refractivity contribution in [1.82, 2.24) is 4.98 Å². The Morgan fingerprint density at radius 3 is 2.46 bits per heavy atom. The molecule has 2 aromatic rings. The molecular formula is C19H17NO3S. The lowest BCUT2D eigenvalue weighted by Gasteiger charge is -2.16. The number of ether oxygens (including phenoxy) is 1. The van der Waals surface area contributed by atoms with E-state index in [1.54, 1.807) is 17.5 Å². The summed E-state index contributed by atoms with van der Waals surface area (Å²) in [5.41, 5.74) is 1.77. The molecular weight excluding hydrogens is 322 g/mol. The minimum Gasteiger partial charge on any atom is -0.373 e. The monoisotopic (exact) mass is 339 g/mol. The Balaban J connectivity index is 1.54. The lowest BCUT2D eigenvalue weighted by Crippen LogP contribution is -2.29. The summed E-state index contributed by atoms with van der Waals surface area (Å²) in [7, 11) is 0. The maximum absolute atomic E-state index is 13.0. The summed E-state index contributed by atoms with van der Waals surface area (Å²) >= 11 is 1.61. The van der Waals surface area contributed by atoms with E-state index in [2.05, 4.69) is 4.98 Å². The topological polar surface area (TPSA) is 56.3 Å². The summed E-state index contributed by atoms with van der Waals surface area (Å²) in [4.78, 5) is 32.4. The zero-order valence-corrected chi connectivity index (χ0v) is 14.1. The molecule has 3 aliphatic rings. The van der Waals surface area contributed by atoms with Gasteiger partial charge in [0.2, 0.25) is 0 Å². The second-order valence-electron chi connectivity index (χ2n) is 6.92. The van der Waals surface area contributed by atoms with Gasteiger partial charge in [0, 0.05) is 11.1 Å². The van der Waals surface area contributed by atoms with E-state index >= 15 is 0 Å². The van der Waals surface area contributed by atoms with Gasteiger partial charge in [0.25, 0.3) is 0 Å². The number of fused-ring (bicyclic) bond motifs is 5. The molecule has 3 fully saturated rings. The first-order chi connectivity index (χ1) is 11.6. The number of aromatic nitrogens is 1. The van der Waals surface area contributed by atoms with Gasteiger partial charge in [-0.3, -0.25) is 14.6 Å². The van der Waals surface area contributed by atoms with Crippen molar-refractivity contribution in [3.63, 3.8) is 0 Å². The van der Waals surface area contributed by atoms with E-state index in [4.69, 9.17) is 4.74 Å². The third-order valence-electron chi connectivity index (χ3n) is 5.68. The van der Waals surface area contributed by atoms with E-state index in [-0.39, 0.29) is 35.6 Å². The van der Waals surface area contributed by atoms with Crippen LogP contribution in [-0.2, 0) is 14.3 Å². The fourth-order valence-corrected chi connectivity index (χ4v) is 5.69. The van der Waals surface area contributed by atoms with E-state index < -0.39 is 5.92 Å². The van der Waals surface area contributed by atoms with E-state index in [0.29, 0.717) is 0 Å². The SMILES string of the molecule is Cc1sc(-c2ccccn2)cc1C1C(=O)[C@@H]2[C@H](C1=O)[C@@H]1CC[C@H]2O1. The molecule has 0 aromatic carbocycles. The summed E-state index contributed by atoms with van der Waals surface area (Å²) in [6.07, 6.45) is 3.53. The molecule has 0 N–H and O–H groups in total. The van der Waals surface area contributed by atoms with Gasteiger partial charge in [-0.05, 0) is 43.5 Å². The number of nitrogens with zero attached hydrogens (tertiary/aromatic N) is 1. The van der Waals surface area contributed by atoms with Crippen LogP contribution in [0.2, 0.25) is 0 Å². The molecule has 5 rings (SSSR count). The molecule has 2 aliphatic heterocycles. The van der Waals surface area contributed by atoms with Crippen LogP contribution in [0, 0.1) is 18.8 Å². The standard InChI is InChI=1S/C19H17NO3S/c1-9-10(8-14(24-9)11-4-2-3-7-20-11)15-18(21)16-12-5-6-13(23-12)17(16)19(15)22/h2-4,7-8,12-13,15-17H,5-6H2,1H3/t12-,13+,15?,16+,17-. The van der Waals surface area contributed by atoms with Gasteiger partial charge in [-0.2, -0.15) is 0 Å². The molecule has 2 saturated heterocycles. The van der Waals surface area contributed by atoms with Crippen LogP contribution in [0.25, 0.3) is 10.6 Å². The second-order valence-corrected chi connectivity index (χ2v) is 8.17. The van der Waals surface area contributed by atoms with Gasteiger partial charge in [0.05, 0.1) is 34.6 Å². The Morgan fingerprint density at radius 1 is 1.12 bits per heavy atom. The molecule has 0 spiro atoms. The van der Waals surface area contributed by atoms with Crippen LogP contribution in [-0.4, -0.2) is 28.8 Å². The third kappa shape index (κ3) is 1.85. The zero-order valence-electron chi connectivity index (χ0n) is 13.3. The maximum Gasteiger partial charge on any atom is 0.154 e. The number of carbonyl (C=O) groups is 2. The number of thiophene rings is 1. The van der Waals surface area contributed by atoms with Crippen molar-refractivity contribution in [1.29, 1.82) is 0 Å². The largest absolute Gasteiger partial charge is 0.373 e. The molecule has 1 unspecified atom stereocenters. The van der Waals surface area contributed by atoms with Crippen molar-refractivity contribution in [2.75, 3.05) is 0 Å². The molecule has 24 heavy (non-hydrogen) atoms. The predicted molar refractivity (Wildman–Crippen MR) is 89.9 cm³/mol. The fraction of sp³-hybridized carbons (Fsp3) is 0.421. The maximum atomic E-state index is 13.0. The highest BCUT2D eigenvalue weighted by Crippen LogP contribution is 2.53. The highest BCUT2D eigenvalue weighted by atomic mass is 32.1. The van der Waals surface area contributed by atoms with E-state index in [9.17, 15) is 9.59 Å². The molecule has 4 heterocycles. The summed E-state index contributed by atoms with van der Waals surface area (Å²) < 4.78 is 5.82. The first-order valence-electron chi connectivity index (χ1n) is 8.40. The van der Waals surface area contributed by atoms with Gasteiger partial charge < -0.3 is 4.74 Å². The Kier molecular flexibility index (Phi) is 3.06. The molecule has 2 bridgehead atoms. The molecule has 2 aromatic heterocycles. The number of hydrogen-bond acceptors (Lipinski definition) is 5. The molecule has 1 aliphatic carbocycles. The lowest BCUT2D eigenvalue weighted by molar-refractivity contribution is -0.127. The first-order valence-corrected chi connectivity index (χ1v) is 9.21. The molecule has 1 saturated carbocycles. The van der Waals surface area contributed by atoms with Gasteiger partial charge in [-0.25, -0.2) is 0 Å². The van der Waals surface area contributed by atoms with Crippen molar-refractivity contribution in [3.8, 4) is 10.6 Å². The van der Waals surface area contributed by atoms with Crippen LogP contribution < -0.4 is 0 Å². The number of ketones is 2. The van der Waals surface area contributed by atoms with Gasteiger partial charge in [-0.15, -0.1) is 11.3 Å². The number of aryl methyl sites for hydroxylation is 1. The minimum absolute atomic E-state index is 0.0318. The van der Waals surface area contributed by atoms with Crippen molar-refractivity contribution in [3.05, 3.63) is 40.9 Å². The van der Waals surface area contributed by atoms with Crippen molar-refractivity contribution in [2.24, 2.45) is 11.8 Å². The Bertz CT molecular complexity index is 816. The quantitative estimate of drug-likeness (QED) is 0.789. The van der Waals surface area contributed by atoms with Crippen LogP contribution in [0.15, 0.2) is 30.5 Å². The van der Waals surface area contributed by atoms with Gasteiger partial charge in [0.1, 0.15) is 5.92 Å². The van der Waals surface area contributed by atoms with Crippen LogP contribution in [0.5, 0.6) is 0 Å². The Labute approximate surface area is 143 Å². The molecule has 5 heteroatoms. The molecule has 4 nitrogen and oxygen atoms in total. The predicted octanol–water partition coefficient (Wildman–Crippen LogP) is 3.15. The zero-order chi connectivity index (χ0) is 16.4. The van der Waals surface area contributed by atoms with Gasteiger partial charge >= 0.3 is 0 Å². The van der Waals surface area contributed by atoms with Crippen molar-refractivity contribution in [2.45, 2.75) is 37.9 Å². The molecule has 0 amide bonds. The third-order valence-corrected chi connectivity index (χ3v) is 6.77. The summed E-state index contributed by atoms with van der Waals surface area (Å²) in [5.74, 6) is -0.866. The van der Waals surface area contributed by atoms with Crippen LogP contribution >= 0.6 is 11.3 Å². The highest BCUT2D eigenvalue weighted by Gasteiger charge is 2.63. The number of rotatable bonds is 2. The van der Waals surface area contributed by atoms with Crippen LogP contribution in [0.4, 0.5) is 0 Å². The van der Waals surface area contributed by atoms with E-state index in [1.165, 1.54) is 0 Å². The van der Waals surface area contributed by atoms with Gasteiger partial charge in [-0.1, -0.05) is 6.07 Å². The second kappa shape index (κ2) is 5.07.